The Kier molecular flexibility index (Phi) is 5.02. The monoisotopic (exact) mass is 368 g/mol. The number of nitrogens with one attached hydrogen (secondary N) is 2. The van der Waals surface area contributed by atoms with Crippen LogP contribution in [-0.4, -0.2) is 55.8 Å². The van der Waals surface area contributed by atoms with Gasteiger partial charge >= 0.3 is 0 Å². The molecule has 2 aliphatic rings. The lowest BCUT2D eigenvalue weighted by atomic mass is 10.0. The van der Waals surface area contributed by atoms with Crippen molar-refractivity contribution >= 4 is 21.6 Å². The molecular weight excluding hydrogens is 348 g/mol. The molecule has 2 fully saturated rings. The molecule has 2 N–H and O–H groups in total. The molecule has 136 valence electrons. The van der Waals surface area contributed by atoms with Gasteiger partial charge in [0.05, 0.1) is 9.82 Å². The summed E-state index contributed by atoms with van der Waals surface area (Å²) in [5.74, 6) is 0.0746. The molecule has 2 saturated heterocycles. The Morgan fingerprint density at radius 1 is 1.40 bits per heavy atom. The number of nitro groups is 1. The SMILES string of the molecule is O=C(NCC1CNC1)C1CCCN1S(=O)(=O)c1cccc([N+](=O)[O-])c1. The maximum absolute atomic E-state index is 12.8. The van der Waals surface area contributed by atoms with Crippen LogP contribution in [0.2, 0.25) is 0 Å². The van der Waals surface area contributed by atoms with Gasteiger partial charge in [0.2, 0.25) is 15.9 Å². The van der Waals surface area contributed by atoms with Crippen molar-refractivity contribution in [1.82, 2.24) is 14.9 Å². The summed E-state index contributed by atoms with van der Waals surface area (Å²) in [4.78, 5) is 22.5. The van der Waals surface area contributed by atoms with Gasteiger partial charge in [0, 0.05) is 44.2 Å². The fourth-order valence-electron chi connectivity index (χ4n) is 3.04. The van der Waals surface area contributed by atoms with Gasteiger partial charge in [-0.1, -0.05) is 6.07 Å². The highest BCUT2D eigenvalue weighted by molar-refractivity contribution is 7.89. The van der Waals surface area contributed by atoms with E-state index in [-0.39, 0.29) is 23.0 Å². The summed E-state index contributed by atoms with van der Waals surface area (Å²) in [5.41, 5.74) is -0.293. The van der Waals surface area contributed by atoms with Crippen molar-refractivity contribution in [3.05, 3.63) is 34.4 Å². The molecule has 3 rings (SSSR count). The second kappa shape index (κ2) is 7.06. The number of amides is 1. The topological polar surface area (TPSA) is 122 Å². The number of hydrogen-bond acceptors (Lipinski definition) is 6. The van der Waals surface area contributed by atoms with Crippen molar-refractivity contribution in [2.75, 3.05) is 26.2 Å². The molecular formula is C15H20N4O5S. The average Bonchev–Trinajstić information content (AvgIpc) is 3.04. The van der Waals surface area contributed by atoms with Gasteiger partial charge in [-0.05, 0) is 18.9 Å². The zero-order valence-corrected chi connectivity index (χ0v) is 14.4. The van der Waals surface area contributed by atoms with Crippen molar-refractivity contribution in [3.63, 3.8) is 0 Å². The second-order valence-electron chi connectivity index (χ2n) is 6.30. The largest absolute Gasteiger partial charge is 0.354 e. The Balaban J connectivity index is 1.76. The predicted octanol–water partition coefficient (Wildman–Crippen LogP) is 0.0835. The van der Waals surface area contributed by atoms with Crippen LogP contribution in [0.5, 0.6) is 0 Å². The Morgan fingerprint density at radius 3 is 2.80 bits per heavy atom. The molecule has 25 heavy (non-hydrogen) atoms. The Bertz CT molecular complexity index is 778. The van der Waals surface area contributed by atoms with E-state index in [9.17, 15) is 23.3 Å². The summed E-state index contributed by atoms with van der Waals surface area (Å²) in [6.45, 7) is 2.45. The van der Waals surface area contributed by atoms with E-state index >= 15 is 0 Å². The number of benzene rings is 1. The van der Waals surface area contributed by atoms with Gasteiger partial charge in [0.25, 0.3) is 5.69 Å². The quantitative estimate of drug-likeness (QED) is 0.542. The molecule has 2 aliphatic heterocycles. The maximum Gasteiger partial charge on any atom is 0.270 e. The third-order valence-electron chi connectivity index (χ3n) is 4.57. The van der Waals surface area contributed by atoms with Gasteiger partial charge in [-0.25, -0.2) is 8.42 Å². The first kappa shape index (κ1) is 17.8. The fraction of sp³-hybridized carbons (Fsp3) is 0.533. The molecule has 2 heterocycles. The lowest BCUT2D eigenvalue weighted by Gasteiger charge is -2.29. The first-order valence-electron chi connectivity index (χ1n) is 8.14. The number of carbonyl (C=O) groups is 1. The molecule has 0 aromatic heterocycles. The van der Waals surface area contributed by atoms with Crippen LogP contribution in [0.15, 0.2) is 29.2 Å². The van der Waals surface area contributed by atoms with Crippen molar-refractivity contribution in [2.24, 2.45) is 5.92 Å². The summed E-state index contributed by atoms with van der Waals surface area (Å²) in [5, 5.41) is 16.8. The van der Waals surface area contributed by atoms with Crippen molar-refractivity contribution < 1.29 is 18.1 Å². The Hall–Kier alpha value is -2.04. The van der Waals surface area contributed by atoms with E-state index in [1.165, 1.54) is 18.2 Å². The number of sulfonamides is 1. The highest BCUT2D eigenvalue weighted by Crippen LogP contribution is 2.28. The highest BCUT2D eigenvalue weighted by Gasteiger charge is 2.40. The molecule has 0 radical (unpaired) electrons. The lowest BCUT2D eigenvalue weighted by molar-refractivity contribution is -0.385. The molecule has 1 unspecified atom stereocenters. The third-order valence-corrected chi connectivity index (χ3v) is 6.48. The first-order valence-corrected chi connectivity index (χ1v) is 9.58. The third kappa shape index (κ3) is 3.65. The standard InChI is InChI=1S/C15H20N4O5S/c20-15(17-10-11-8-16-9-11)14-5-2-6-18(14)25(23,24)13-4-1-3-12(7-13)19(21)22/h1,3-4,7,11,14,16H,2,5-6,8-10H2,(H,17,20). The molecule has 1 aromatic carbocycles. The highest BCUT2D eigenvalue weighted by atomic mass is 32.2. The van der Waals surface area contributed by atoms with Crippen molar-refractivity contribution in [1.29, 1.82) is 0 Å². The molecule has 9 nitrogen and oxygen atoms in total. The summed E-state index contributed by atoms with van der Waals surface area (Å²) in [6, 6.07) is 4.15. The van der Waals surface area contributed by atoms with E-state index in [1.807, 2.05) is 0 Å². The molecule has 1 aromatic rings. The number of non-ortho nitro benzene ring substituents is 1. The molecule has 0 spiro atoms. The zero-order chi connectivity index (χ0) is 18.0. The van der Waals surface area contributed by atoms with Crippen LogP contribution >= 0.6 is 0 Å². The van der Waals surface area contributed by atoms with Gasteiger partial charge in [0.1, 0.15) is 6.04 Å². The molecule has 0 bridgehead atoms. The minimum Gasteiger partial charge on any atom is -0.354 e. The van der Waals surface area contributed by atoms with E-state index in [2.05, 4.69) is 10.6 Å². The minimum absolute atomic E-state index is 0.162. The summed E-state index contributed by atoms with van der Waals surface area (Å²) in [7, 11) is -3.96. The van der Waals surface area contributed by atoms with Crippen LogP contribution in [0.4, 0.5) is 5.69 Å². The number of nitro benzene ring substituents is 1. The van der Waals surface area contributed by atoms with E-state index in [0.717, 1.165) is 23.5 Å². The predicted molar refractivity (Wildman–Crippen MR) is 89.4 cm³/mol. The van der Waals surface area contributed by atoms with Gasteiger partial charge in [0.15, 0.2) is 0 Å². The summed E-state index contributed by atoms with van der Waals surface area (Å²) in [6.07, 6.45) is 1.03. The van der Waals surface area contributed by atoms with Crippen molar-refractivity contribution in [2.45, 2.75) is 23.8 Å². The van der Waals surface area contributed by atoms with E-state index in [1.54, 1.807) is 0 Å². The van der Waals surface area contributed by atoms with E-state index < -0.39 is 21.0 Å². The van der Waals surface area contributed by atoms with Crippen LogP contribution in [-0.2, 0) is 14.8 Å². The molecule has 1 atom stereocenters. The van der Waals surface area contributed by atoms with Crippen LogP contribution in [0, 0.1) is 16.0 Å². The first-order chi connectivity index (χ1) is 11.9. The van der Waals surface area contributed by atoms with Crippen LogP contribution in [0.3, 0.4) is 0 Å². The Morgan fingerprint density at radius 2 is 2.16 bits per heavy atom. The van der Waals surface area contributed by atoms with Crippen LogP contribution in [0.1, 0.15) is 12.8 Å². The lowest BCUT2D eigenvalue weighted by Crippen LogP contribution is -2.51. The van der Waals surface area contributed by atoms with Gasteiger partial charge in [-0.15, -0.1) is 0 Å². The van der Waals surface area contributed by atoms with Gasteiger partial charge in [-0.3, -0.25) is 14.9 Å². The number of nitrogens with zero attached hydrogens (tertiary/aromatic N) is 2. The second-order valence-corrected chi connectivity index (χ2v) is 8.19. The summed E-state index contributed by atoms with van der Waals surface area (Å²) >= 11 is 0. The van der Waals surface area contributed by atoms with Crippen molar-refractivity contribution in [3.8, 4) is 0 Å². The molecule has 0 aliphatic carbocycles. The number of carbonyl (C=O) groups excluding carboxylic acids is 1. The molecule has 10 heteroatoms. The van der Waals surface area contributed by atoms with E-state index in [0.29, 0.717) is 25.3 Å². The smallest absolute Gasteiger partial charge is 0.270 e. The number of rotatable bonds is 6. The maximum atomic E-state index is 12.8. The number of hydrogen-bond donors (Lipinski definition) is 2. The molecule has 0 saturated carbocycles. The Labute approximate surface area is 145 Å². The average molecular weight is 368 g/mol. The van der Waals surface area contributed by atoms with Gasteiger partial charge < -0.3 is 10.6 Å². The van der Waals surface area contributed by atoms with Crippen LogP contribution < -0.4 is 10.6 Å². The minimum atomic E-state index is -3.96. The fourth-order valence-corrected chi connectivity index (χ4v) is 4.73. The van der Waals surface area contributed by atoms with Crippen LogP contribution in [0.25, 0.3) is 0 Å². The molecule has 1 amide bonds. The normalized spacial score (nSPS) is 21.7. The zero-order valence-electron chi connectivity index (χ0n) is 13.6. The summed E-state index contributed by atoms with van der Waals surface area (Å²) < 4.78 is 26.8. The van der Waals surface area contributed by atoms with Gasteiger partial charge in [-0.2, -0.15) is 4.31 Å². The van der Waals surface area contributed by atoms with E-state index in [4.69, 9.17) is 0 Å².